The number of allylic oxidation sites excluding steroid dienone is 3. The molecule has 13 heavy (non-hydrogen) atoms. The molecule has 0 saturated carbocycles. The van der Waals surface area contributed by atoms with Crippen LogP contribution >= 0.6 is 0 Å². The maximum atomic E-state index is 11.7. The number of hydrogen-bond acceptors (Lipinski definition) is 1. The second-order valence-corrected chi connectivity index (χ2v) is 4.64. The molecule has 0 radical (unpaired) electrons. The van der Waals surface area contributed by atoms with Gasteiger partial charge < -0.3 is 0 Å². The average Bonchev–Trinajstić information content (AvgIpc) is 1.95. The topological polar surface area (TPSA) is 17.1 Å². The average molecular weight is 178 g/mol. The van der Waals surface area contributed by atoms with E-state index in [9.17, 15) is 4.79 Å². The van der Waals surface area contributed by atoms with Gasteiger partial charge >= 0.3 is 0 Å². The smallest absolute Gasteiger partial charge is 0.159 e. The van der Waals surface area contributed by atoms with Crippen LogP contribution in [0.4, 0.5) is 0 Å². The molecule has 1 heteroatoms. The first-order chi connectivity index (χ1) is 5.97. The van der Waals surface area contributed by atoms with Gasteiger partial charge in [0.1, 0.15) is 0 Å². The summed E-state index contributed by atoms with van der Waals surface area (Å²) < 4.78 is 0. The van der Waals surface area contributed by atoms with Crippen molar-refractivity contribution < 1.29 is 4.79 Å². The molecule has 0 aromatic heterocycles. The summed E-state index contributed by atoms with van der Waals surface area (Å²) in [5.41, 5.74) is 1.31. The van der Waals surface area contributed by atoms with Crippen molar-refractivity contribution in [2.75, 3.05) is 0 Å². The molecule has 0 spiro atoms. The van der Waals surface area contributed by atoms with Gasteiger partial charge in [0, 0.05) is 5.92 Å². The molecule has 1 unspecified atom stereocenters. The van der Waals surface area contributed by atoms with Gasteiger partial charge in [0.2, 0.25) is 0 Å². The Balaban J connectivity index is 2.93. The molecule has 72 valence electrons. The summed E-state index contributed by atoms with van der Waals surface area (Å²) in [4.78, 5) is 11.7. The molecule has 1 aliphatic rings. The number of ketones is 1. The van der Waals surface area contributed by atoms with Crippen LogP contribution < -0.4 is 0 Å². The van der Waals surface area contributed by atoms with Crippen LogP contribution in [0.1, 0.15) is 33.6 Å². The van der Waals surface area contributed by atoms with Crippen LogP contribution in [0, 0.1) is 11.3 Å². The Hall–Kier alpha value is -0.850. The van der Waals surface area contributed by atoms with Crippen LogP contribution in [-0.2, 0) is 4.79 Å². The third-order valence-electron chi connectivity index (χ3n) is 2.81. The first kappa shape index (κ1) is 10.2. The Labute approximate surface area is 80.5 Å². The summed E-state index contributed by atoms with van der Waals surface area (Å²) in [6, 6.07) is 0. The highest BCUT2D eigenvalue weighted by Gasteiger charge is 2.36. The molecule has 1 atom stereocenters. The number of hydrogen-bond donors (Lipinski definition) is 0. The summed E-state index contributed by atoms with van der Waals surface area (Å²) in [7, 11) is 0. The predicted octanol–water partition coefficient (Wildman–Crippen LogP) is 3.12. The van der Waals surface area contributed by atoms with Gasteiger partial charge in [-0.05, 0) is 31.3 Å². The lowest BCUT2D eigenvalue weighted by Crippen LogP contribution is -2.33. The first-order valence-corrected chi connectivity index (χ1v) is 4.79. The summed E-state index contributed by atoms with van der Waals surface area (Å²) in [5.74, 6) is 0.405. The van der Waals surface area contributed by atoms with Gasteiger partial charge in [0.25, 0.3) is 0 Å². The largest absolute Gasteiger partial charge is 0.295 e. The third kappa shape index (κ3) is 2.09. The van der Waals surface area contributed by atoms with Crippen molar-refractivity contribution in [3.05, 3.63) is 24.3 Å². The minimum atomic E-state index is 0.101. The molecule has 0 N–H and O–H groups in total. The van der Waals surface area contributed by atoms with E-state index in [4.69, 9.17) is 0 Å². The normalized spacial score (nSPS) is 26.8. The highest BCUT2D eigenvalue weighted by molar-refractivity contribution is 5.94. The van der Waals surface area contributed by atoms with Crippen molar-refractivity contribution in [1.29, 1.82) is 0 Å². The second-order valence-electron chi connectivity index (χ2n) is 4.64. The lowest BCUT2D eigenvalue weighted by molar-refractivity contribution is -0.122. The molecule has 0 bridgehead atoms. The summed E-state index contributed by atoms with van der Waals surface area (Å²) >= 11 is 0. The van der Waals surface area contributed by atoms with Gasteiger partial charge in [-0.2, -0.15) is 0 Å². The minimum absolute atomic E-state index is 0.101. The molecular weight excluding hydrogens is 160 g/mol. The number of carbonyl (C=O) groups is 1. The molecule has 0 fully saturated rings. The van der Waals surface area contributed by atoms with Gasteiger partial charge in [-0.25, -0.2) is 0 Å². The van der Waals surface area contributed by atoms with Crippen LogP contribution in [0.5, 0.6) is 0 Å². The van der Waals surface area contributed by atoms with Crippen molar-refractivity contribution in [3.63, 3.8) is 0 Å². The second kappa shape index (κ2) is 3.49. The Kier molecular flexibility index (Phi) is 2.74. The maximum absolute atomic E-state index is 11.7. The SMILES string of the molecule is C=CCC1C(=O)C=C(C)CC1(C)C. The van der Waals surface area contributed by atoms with Crippen molar-refractivity contribution in [2.24, 2.45) is 11.3 Å². The fourth-order valence-corrected chi connectivity index (χ4v) is 2.22. The van der Waals surface area contributed by atoms with Crippen molar-refractivity contribution >= 4 is 5.78 Å². The van der Waals surface area contributed by atoms with Crippen LogP contribution in [0.2, 0.25) is 0 Å². The van der Waals surface area contributed by atoms with E-state index in [2.05, 4.69) is 20.4 Å². The van der Waals surface area contributed by atoms with Gasteiger partial charge in [-0.15, -0.1) is 6.58 Å². The molecular formula is C12H18O. The lowest BCUT2D eigenvalue weighted by Gasteiger charge is -2.36. The van der Waals surface area contributed by atoms with E-state index >= 15 is 0 Å². The minimum Gasteiger partial charge on any atom is -0.295 e. The molecule has 0 amide bonds. The molecule has 0 aromatic carbocycles. The van der Waals surface area contributed by atoms with Gasteiger partial charge in [0.15, 0.2) is 5.78 Å². The summed E-state index contributed by atoms with van der Waals surface area (Å²) in [6.45, 7) is 10.1. The van der Waals surface area contributed by atoms with E-state index in [1.807, 2.05) is 13.0 Å². The van der Waals surface area contributed by atoms with E-state index in [0.29, 0.717) is 0 Å². The zero-order chi connectivity index (χ0) is 10.1. The third-order valence-corrected chi connectivity index (χ3v) is 2.81. The van der Waals surface area contributed by atoms with Gasteiger partial charge in [-0.3, -0.25) is 4.79 Å². The van der Waals surface area contributed by atoms with Crippen molar-refractivity contribution in [3.8, 4) is 0 Å². The molecule has 1 nitrogen and oxygen atoms in total. The first-order valence-electron chi connectivity index (χ1n) is 4.79. The van der Waals surface area contributed by atoms with Crippen LogP contribution in [0.25, 0.3) is 0 Å². The zero-order valence-electron chi connectivity index (χ0n) is 8.76. The van der Waals surface area contributed by atoms with E-state index in [-0.39, 0.29) is 17.1 Å². The maximum Gasteiger partial charge on any atom is 0.159 e. The number of rotatable bonds is 2. The molecule has 1 aliphatic carbocycles. The highest BCUT2D eigenvalue weighted by atomic mass is 16.1. The van der Waals surface area contributed by atoms with Crippen molar-refractivity contribution in [1.82, 2.24) is 0 Å². The van der Waals surface area contributed by atoms with Crippen LogP contribution in [0.3, 0.4) is 0 Å². The summed E-state index contributed by atoms with van der Waals surface area (Å²) in [6.07, 6.45) is 5.46. The van der Waals surface area contributed by atoms with Gasteiger partial charge in [0.05, 0.1) is 0 Å². The molecule has 0 aromatic rings. The van der Waals surface area contributed by atoms with Gasteiger partial charge in [-0.1, -0.05) is 25.5 Å². The Bertz CT molecular complexity index is 258. The molecule has 0 saturated heterocycles. The Morgan fingerprint density at radius 3 is 2.77 bits per heavy atom. The predicted molar refractivity (Wildman–Crippen MR) is 55.5 cm³/mol. The van der Waals surface area contributed by atoms with Crippen LogP contribution in [-0.4, -0.2) is 5.78 Å². The van der Waals surface area contributed by atoms with Crippen LogP contribution in [0.15, 0.2) is 24.3 Å². The Morgan fingerprint density at radius 2 is 2.31 bits per heavy atom. The van der Waals surface area contributed by atoms with E-state index in [0.717, 1.165) is 12.8 Å². The zero-order valence-corrected chi connectivity index (χ0v) is 8.76. The van der Waals surface area contributed by atoms with E-state index < -0.39 is 0 Å². The molecule has 0 heterocycles. The highest BCUT2D eigenvalue weighted by Crippen LogP contribution is 2.40. The summed E-state index contributed by atoms with van der Waals surface area (Å²) in [5, 5.41) is 0. The Morgan fingerprint density at radius 1 is 1.69 bits per heavy atom. The molecule has 1 rings (SSSR count). The quantitative estimate of drug-likeness (QED) is 0.594. The monoisotopic (exact) mass is 178 g/mol. The van der Waals surface area contributed by atoms with E-state index in [1.165, 1.54) is 5.57 Å². The molecule has 0 aliphatic heterocycles. The standard InChI is InChI=1S/C12H18O/c1-5-6-10-11(13)7-9(2)8-12(10,3)4/h5,7,10H,1,6,8H2,2-4H3. The fraction of sp³-hybridized carbons (Fsp3) is 0.583. The van der Waals surface area contributed by atoms with E-state index in [1.54, 1.807) is 6.08 Å². The van der Waals surface area contributed by atoms with Crippen molar-refractivity contribution in [2.45, 2.75) is 33.6 Å². The fourth-order valence-electron chi connectivity index (χ4n) is 2.22. The lowest BCUT2D eigenvalue weighted by atomic mass is 9.67. The number of carbonyl (C=O) groups excluding carboxylic acids is 1.